The lowest BCUT2D eigenvalue weighted by Crippen LogP contribution is -2.43. The molecule has 1 aliphatic heterocycles. The van der Waals surface area contributed by atoms with Crippen LogP contribution in [-0.4, -0.2) is 40.1 Å². The Kier molecular flexibility index (Phi) is 5.06. The van der Waals surface area contributed by atoms with E-state index in [0.29, 0.717) is 18.7 Å². The minimum absolute atomic E-state index is 0.0212. The number of amides is 1. The van der Waals surface area contributed by atoms with E-state index in [4.69, 9.17) is 9.26 Å². The SMILES string of the molecule is CC(C)(C)OC(=O)N1CCC[C@H]1C(=O)Cc1cc(C(C)(C)C)on1. The molecule has 0 bridgehead atoms. The summed E-state index contributed by atoms with van der Waals surface area (Å²) in [6.45, 7) is 12.1. The molecule has 6 nitrogen and oxygen atoms in total. The first-order chi connectivity index (χ1) is 11.0. The van der Waals surface area contributed by atoms with E-state index in [0.717, 1.165) is 12.2 Å². The topological polar surface area (TPSA) is 72.6 Å². The second-order valence-corrected chi connectivity index (χ2v) is 8.41. The van der Waals surface area contributed by atoms with Crippen LogP contribution in [0.4, 0.5) is 4.79 Å². The van der Waals surface area contributed by atoms with E-state index in [9.17, 15) is 9.59 Å². The van der Waals surface area contributed by atoms with Gasteiger partial charge in [-0.05, 0) is 33.6 Å². The van der Waals surface area contributed by atoms with Crippen LogP contribution in [-0.2, 0) is 21.4 Å². The molecule has 0 spiro atoms. The van der Waals surface area contributed by atoms with Crippen LogP contribution in [0.15, 0.2) is 10.6 Å². The quantitative estimate of drug-likeness (QED) is 0.845. The van der Waals surface area contributed by atoms with E-state index < -0.39 is 17.7 Å². The third-order valence-corrected chi connectivity index (χ3v) is 3.91. The number of carbonyl (C=O) groups is 2. The van der Waals surface area contributed by atoms with Crippen LogP contribution in [0.25, 0.3) is 0 Å². The molecular weight excluding hydrogens is 308 g/mol. The molecule has 1 fully saturated rings. The minimum atomic E-state index is -0.568. The average Bonchev–Trinajstić information content (AvgIpc) is 3.03. The van der Waals surface area contributed by atoms with Crippen molar-refractivity contribution < 1.29 is 18.8 Å². The highest BCUT2D eigenvalue weighted by atomic mass is 16.6. The molecule has 0 aromatic carbocycles. The molecule has 1 atom stereocenters. The largest absolute Gasteiger partial charge is 0.444 e. The van der Waals surface area contributed by atoms with Gasteiger partial charge in [-0.1, -0.05) is 25.9 Å². The molecule has 2 heterocycles. The number of hydrogen-bond donors (Lipinski definition) is 0. The number of hydrogen-bond acceptors (Lipinski definition) is 5. The summed E-state index contributed by atoms with van der Waals surface area (Å²) >= 11 is 0. The van der Waals surface area contributed by atoms with Gasteiger partial charge in [0, 0.05) is 18.0 Å². The molecule has 0 unspecified atom stereocenters. The number of aromatic nitrogens is 1. The van der Waals surface area contributed by atoms with Gasteiger partial charge in [0.05, 0.1) is 18.2 Å². The molecule has 0 N–H and O–H groups in total. The van der Waals surface area contributed by atoms with Crippen LogP contribution in [0.5, 0.6) is 0 Å². The van der Waals surface area contributed by atoms with E-state index in [1.807, 2.05) is 47.6 Å². The van der Waals surface area contributed by atoms with Crippen molar-refractivity contribution in [2.75, 3.05) is 6.54 Å². The second-order valence-electron chi connectivity index (χ2n) is 8.41. The van der Waals surface area contributed by atoms with Gasteiger partial charge in [-0.2, -0.15) is 0 Å². The van der Waals surface area contributed by atoms with E-state index in [-0.39, 0.29) is 17.6 Å². The Morgan fingerprint density at radius 1 is 1.29 bits per heavy atom. The third kappa shape index (κ3) is 4.58. The zero-order chi connectivity index (χ0) is 18.1. The zero-order valence-corrected chi connectivity index (χ0v) is 15.5. The van der Waals surface area contributed by atoms with Crippen LogP contribution < -0.4 is 0 Å². The predicted molar refractivity (Wildman–Crippen MR) is 89.9 cm³/mol. The van der Waals surface area contributed by atoms with Gasteiger partial charge >= 0.3 is 6.09 Å². The maximum atomic E-state index is 12.6. The fourth-order valence-corrected chi connectivity index (χ4v) is 2.69. The number of Topliss-reactive ketones (excluding diaryl/α,β-unsaturated/α-hetero) is 1. The fourth-order valence-electron chi connectivity index (χ4n) is 2.69. The second kappa shape index (κ2) is 6.57. The molecule has 1 amide bonds. The summed E-state index contributed by atoms with van der Waals surface area (Å²) in [5, 5.41) is 3.99. The maximum Gasteiger partial charge on any atom is 0.410 e. The van der Waals surface area contributed by atoms with Crippen molar-refractivity contribution in [3.63, 3.8) is 0 Å². The van der Waals surface area contributed by atoms with Gasteiger partial charge in [-0.25, -0.2) is 4.79 Å². The van der Waals surface area contributed by atoms with Crippen LogP contribution in [0.2, 0.25) is 0 Å². The summed E-state index contributed by atoms with van der Waals surface area (Å²) in [4.78, 5) is 26.4. The highest BCUT2D eigenvalue weighted by Gasteiger charge is 2.36. The molecule has 134 valence electrons. The standard InChI is InChI=1S/C18H28N2O4/c1-17(2,3)15-11-12(19-24-15)10-14(21)13-8-7-9-20(13)16(22)23-18(4,5)6/h11,13H,7-10H2,1-6H3/t13-/m0/s1. The number of ketones is 1. The van der Waals surface area contributed by atoms with Crippen LogP contribution in [0, 0.1) is 0 Å². The van der Waals surface area contributed by atoms with Crippen molar-refractivity contribution in [2.45, 2.75) is 77.9 Å². The van der Waals surface area contributed by atoms with Crippen LogP contribution in [0.1, 0.15) is 65.8 Å². The summed E-state index contributed by atoms with van der Waals surface area (Å²) in [5.74, 6) is 0.729. The van der Waals surface area contributed by atoms with Crippen LogP contribution in [0.3, 0.4) is 0 Å². The van der Waals surface area contributed by atoms with Crippen molar-refractivity contribution >= 4 is 11.9 Å². The lowest BCUT2D eigenvalue weighted by atomic mass is 9.93. The van der Waals surface area contributed by atoms with E-state index in [1.165, 1.54) is 0 Å². The summed E-state index contributed by atoms with van der Waals surface area (Å²) in [7, 11) is 0. The summed E-state index contributed by atoms with van der Waals surface area (Å²) in [6.07, 6.45) is 1.22. The maximum absolute atomic E-state index is 12.6. The fraction of sp³-hybridized carbons (Fsp3) is 0.722. The summed E-state index contributed by atoms with van der Waals surface area (Å²) in [6, 6.07) is 1.39. The van der Waals surface area contributed by atoms with Gasteiger partial charge in [-0.15, -0.1) is 0 Å². The monoisotopic (exact) mass is 336 g/mol. The third-order valence-electron chi connectivity index (χ3n) is 3.91. The molecule has 1 aromatic rings. The summed E-state index contributed by atoms with van der Waals surface area (Å²) in [5.41, 5.74) is -0.105. The van der Waals surface area contributed by atoms with Gasteiger partial charge in [0.25, 0.3) is 0 Å². The normalized spacial score (nSPS) is 18.8. The van der Waals surface area contributed by atoms with Crippen molar-refractivity contribution in [2.24, 2.45) is 0 Å². The smallest absolute Gasteiger partial charge is 0.410 e. The average molecular weight is 336 g/mol. The van der Waals surface area contributed by atoms with Crippen molar-refractivity contribution in [1.82, 2.24) is 10.1 Å². The van der Waals surface area contributed by atoms with Crippen LogP contribution >= 0.6 is 0 Å². The van der Waals surface area contributed by atoms with E-state index in [1.54, 1.807) is 4.90 Å². The first kappa shape index (κ1) is 18.5. The van der Waals surface area contributed by atoms with Gasteiger partial charge in [0.15, 0.2) is 5.78 Å². The Balaban J connectivity index is 2.03. The van der Waals surface area contributed by atoms with Crippen molar-refractivity contribution in [3.05, 3.63) is 17.5 Å². The summed E-state index contributed by atoms with van der Waals surface area (Å²) < 4.78 is 10.7. The molecule has 24 heavy (non-hydrogen) atoms. The number of nitrogens with zero attached hydrogens (tertiary/aromatic N) is 2. The van der Waals surface area contributed by atoms with Gasteiger partial charge < -0.3 is 9.26 Å². The first-order valence-corrected chi connectivity index (χ1v) is 8.46. The molecule has 1 aromatic heterocycles. The molecule has 2 rings (SSSR count). The zero-order valence-electron chi connectivity index (χ0n) is 15.5. The van der Waals surface area contributed by atoms with Crippen molar-refractivity contribution in [3.8, 4) is 0 Å². The first-order valence-electron chi connectivity index (χ1n) is 8.46. The van der Waals surface area contributed by atoms with Gasteiger partial charge in [0.1, 0.15) is 11.4 Å². The molecule has 0 saturated carbocycles. The lowest BCUT2D eigenvalue weighted by molar-refractivity contribution is -0.122. The Morgan fingerprint density at radius 3 is 2.50 bits per heavy atom. The molecule has 0 aliphatic carbocycles. The molecule has 1 aliphatic rings. The highest BCUT2D eigenvalue weighted by molar-refractivity contribution is 5.89. The molecule has 6 heteroatoms. The molecule has 0 radical (unpaired) electrons. The predicted octanol–water partition coefficient (Wildman–Crippen LogP) is 3.48. The lowest BCUT2D eigenvalue weighted by Gasteiger charge is -2.27. The Morgan fingerprint density at radius 2 is 1.96 bits per heavy atom. The minimum Gasteiger partial charge on any atom is -0.444 e. The Hall–Kier alpha value is -1.85. The van der Waals surface area contributed by atoms with E-state index in [2.05, 4.69) is 5.16 Å². The Labute approximate surface area is 143 Å². The molecule has 1 saturated heterocycles. The van der Waals surface area contributed by atoms with Gasteiger partial charge in [-0.3, -0.25) is 9.69 Å². The number of rotatable bonds is 3. The van der Waals surface area contributed by atoms with Crippen molar-refractivity contribution in [1.29, 1.82) is 0 Å². The Bertz CT molecular complexity index is 607. The van der Waals surface area contributed by atoms with Gasteiger partial charge in [0.2, 0.25) is 0 Å². The number of likely N-dealkylation sites (tertiary alicyclic amines) is 1. The molecular formula is C18H28N2O4. The number of ether oxygens (including phenoxy) is 1. The highest BCUT2D eigenvalue weighted by Crippen LogP contribution is 2.25. The number of carbonyl (C=O) groups excluding carboxylic acids is 2. The van der Waals surface area contributed by atoms with E-state index >= 15 is 0 Å².